The SMILES string of the molecule is CC(C)=CCCC(C)C1CCC2C3CCC4C(C)(Cc5ccc(N)cc5N)C(O)CCC4(C)C3CCC12C.CS. The number of benzene rings is 1. The summed E-state index contributed by atoms with van der Waals surface area (Å²) in [6.45, 7) is 14.7. The van der Waals surface area contributed by atoms with Gasteiger partial charge in [-0.1, -0.05) is 45.4 Å². The Morgan fingerprint density at radius 1 is 0.975 bits per heavy atom. The highest BCUT2D eigenvalue weighted by atomic mass is 32.1. The zero-order valence-corrected chi connectivity index (χ0v) is 27.6. The van der Waals surface area contributed by atoms with Gasteiger partial charge in [0.1, 0.15) is 0 Å². The molecule has 0 radical (unpaired) electrons. The Kier molecular flexibility index (Phi) is 9.73. The summed E-state index contributed by atoms with van der Waals surface area (Å²) in [4.78, 5) is 0. The summed E-state index contributed by atoms with van der Waals surface area (Å²) < 4.78 is 0. The third kappa shape index (κ3) is 5.50. The molecule has 0 amide bonds. The fraction of sp³-hybridized carbons (Fsp3) is 0.778. The number of fused-ring (bicyclic) bond motifs is 5. The lowest BCUT2D eigenvalue weighted by atomic mass is 9.40. The number of anilines is 2. The maximum atomic E-state index is 11.5. The first-order valence-electron chi connectivity index (χ1n) is 16.3. The van der Waals surface area contributed by atoms with E-state index in [0.717, 1.165) is 59.4 Å². The molecule has 0 aromatic heterocycles. The van der Waals surface area contributed by atoms with E-state index in [-0.39, 0.29) is 11.5 Å². The molecule has 4 aliphatic carbocycles. The van der Waals surface area contributed by atoms with E-state index in [9.17, 15) is 5.11 Å². The smallest absolute Gasteiger partial charge is 0.0600 e. The fourth-order valence-corrected chi connectivity index (χ4v) is 11.1. The van der Waals surface area contributed by atoms with Gasteiger partial charge in [0.15, 0.2) is 0 Å². The molecule has 0 aliphatic heterocycles. The van der Waals surface area contributed by atoms with E-state index in [1.165, 1.54) is 63.4 Å². The Balaban J connectivity index is 0.00000181. The molecule has 5 N–H and O–H groups in total. The van der Waals surface area contributed by atoms with E-state index in [4.69, 9.17) is 11.5 Å². The van der Waals surface area contributed by atoms with Crippen molar-refractivity contribution in [3.05, 3.63) is 35.4 Å². The highest BCUT2D eigenvalue weighted by Gasteiger charge is 2.64. The first-order valence-corrected chi connectivity index (χ1v) is 17.2. The highest BCUT2D eigenvalue weighted by Crippen LogP contribution is 2.70. The molecule has 0 bridgehead atoms. The second-order valence-corrected chi connectivity index (χ2v) is 15.3. The van der Waals surface area contributed by atoms with Crippen LogP contribution in [0, 0.1) is 51.8 Å². The quantitative estimate of drug-likeness (QED) is 0.157. The molecule has 3 nitrogen and oxygen atoms in total. The summed E-state index contributed by atoms with van der Waals surface area (Å²) >= 11 is 3.53. The molecule has 1 aromatic rings. The summed E-state index contributed by atoms with van der Waals surface area (Å²) in [7, 11) is 0. The third-order valence-corrected chi connectivity index (χ3v) is 13.1. The van der Waals surface area contributed by atoms with Crippen LogP contribution in [0.15, 0.2) is 29.8 Å². The van der Waals surface area contributed by atoms with Crippen LogP contribution < -0.4 is 11.5 Å². The number of rotatable bonds is 6. The first kappa shape index (κ1) is 31.8. The van der Waals surface area contributed by atoms with Crippen LogP contribution >= 0.6 is 12.6 Å². The lowest BCUT2D eigenvalue weighted by Crippen LogP contribution is -2.60. The predicted molar refractivity (Wildman–Crippen MR) is 176 cm³/mol. The molecule has 4 aliphatic rings. The second kappa shape index (κ2) is 12.2. The zero-order chi connectivity index (χ0) is 29.5. The lowest BCUT2D eigenvalue weighted by Gasteiger charge is -2.65. The lowest BCUT2D eigenvalue weighted by molar-refractivity contribution is -0.184. The zero-order valence-electron chi connectivity index (χ0n) is 26.7. The van der Waals surface area contributed by atoms with Gasteiger partial charge in [-0.25, -0.2) is 0 Å². The fourth-order valence-electron chi connectivity index (χ4n) is 11.1. The van der Waals surface area contributed by atoms with Crippen molar-refractivity contribution in [2.75, 3.05) is 17.7 Å². The van der Waals surface area contributed by atoms with Gasteiger partial charge in [0.05, 0.1) is 6.10 Å². The number of nitrogens with two attached hydrogens (primary N) is 2. The van der Waals surface area contributed by atoms with Crippen molar-refractivity contribution in [1.82, 2.24) is 0 Å². The summed E-state index contributed by atoms with van der Waals surface area (Å²) in [5, 5.41) is 11.5. The Bertz CT molecular complexity index is 1050. The molecule has 0 spiro atoms. The standard InChI is InChI=1S/C35H56N2O.CH4S/c1-22(2)8-7-9-23(3)27-13-14-28-26-12-15-31-34(5,29(26)16-18-33(27,28)4)19-17-32(38)35(31,6)21-24-10-11-25(36)20-30(24)37;1-2/h8,10-11,20,23,26-29,31-32,38H,7,9,12-19,21,36-37H2,1-6H3;2H,1H3. The van der Waals surface area contributed by atoms with Crippen molar-refractivity contribution >= 4 is 24.0 Å². The van der Waals surface area contributed by atoms with E-state index in [1.807, 2.05) is 12.1 Å². The normalized spacial score (nSPS) is 41.0. The minimum absolute atomic E-state index is 0.138. The van der Waals surface area contributed by atoms with Gasteiger partial charge in [-0.2, -0.15) is 12.6 Å². The maximum Gasteiger partial charge on any atom is 0.0600 e. The molecule has 1 aromatic carbocycles. The largest absolute Gasteiger partial charge is 0.399 e. The first-order chi connectivity index (χ1) is 18.9. The molecule has 0 saturated heterocycles. The Morgan fingerprint density at radius 2 is 1.65 bits per heavy atom. The molecular formula is C36H60N2OS. The minimum Gasteiger partial charge on any atom is -0.399 e. The minimum atomic E-state index is -0.263. The maximum absolute atomic E-state index is 11.5. The van der Waals surface area contributed by atoms with E-state index < -0.39 is 0 Å². The predicted octanol–water partition coefficient (Wildman–Crippen LogP) is 8.96. The molecule has 4 fully saturated rings. The summed E-state index contributed by atoms with van der Waals surface area (Å²) in [6, 6.07) is 5.96. The van der Waals surface area contributed by atoms with E-state index in [1.54, 1.807) is 6.26 Å². The van der Waals surface area contributed by atoms with Crippen LogP contribution in [0.25, 0.3) is 0 Å². The summed E-state index contributed by atoms with van der Waals surface area (Å²) in [5.41, 5.74) is 17.3. The molecular weight excluding hydrogens is 508 g/mol. The topological polar surface area (TPSA) is 72.3 Å². The van der Waals surface area contributed by atoms with E-state index in [2.05, 4.69) is 66.3 Å². The number of thiol groups is 1. The molecule has 10 unspecified atom stereocenters. The Morgan fingerprint density at radius 3 is 2.33 bits per heavy atom. The highest BCUT2D eigenvalue weighted by molar-refractivity contribution is 7.79. The number of allylic oxidation sites excluding steroid dienone is 2. The van der Waals surface area contributed by atoms with Crippen molar-refractivity contribution in [3.8, 4) is 0 Å². The number of aliphatic hydroxyl groups excluding tert-OH is 1. The van der Waals surface area contributed by atoms with Gasteiger partial charge in [0, 0.05) is 16.8 Å². The molecule has 4 heteroatoms. The second-order valence-electron chi connectivity index (χ2n) is 15.3. The van der Waals surface area contributed by atoms with Crippen molar-refractivity contribution in [1.29, 1.82) is 0 Å². The van der Waals surface area contributed by atoms with Gasteiger partial charge in [0.25, 0.3) is 0 Å². The third-order valence-electron chi connectivity index (χ3n) is 13.1. The molecule has 10 atom stereocenters. The molecule has 4 saturated carbocycles. The van der Waals surface area contributed by atoms with Gasteiger partial charge >= 0.3 is 0 Å². The van der Waals surface area contributed by atoms with Crippen LogP contribution in [0.3, 0.4) is 0 Å². The van der Waals surface area contributed by atoms with Gasteiger partial charge in [-0.05, 0) is 155 Å². The van der Waals surface area contributed by atoms with Crippen LogP contribution in [-0.4, -0.2) is 17.5 Å². The number of nitrogen functional groups attached to an aromatic ring is 2. The molecule has 5 rings (SSSR count). The summed E-state index contributed by atoms with van der Waals surface area (Å²) in [5.74, 6) is 4.81. The molecule has 40 heavy (non-hydrogen) atoms. The van der Waals surface area contributed by atoms with E-state index >= 15 is 0 Å². The average molecular weight is 569 g/mol. The Labute approximate surface area is 251 Å². The van der Waals surface area contributed by atoms with Gasteiger partial charge < -0.3 is 16.6 Å². The number of aliphatic hydroxyl groups is 1. The average Bonchev–Trinajstić information content (AvgIpc) is 3.27. The van der Waals surface area contributed by atoms with E-state index in [0.29, 0.717) is 16.7 Å². The Hall–Kier alpha value is -1.13. The van der Waals surface area contributed by atoms with Crippen LogP contribution in [0.2, 0.25) is 0 Å². The summed E-state index contributed by atoms with van der Waals surface area (Å²) in [6.07, 6.45) is 17.7. The molecule has 226 valence electrons. The van der Waals surface area contributed by atoms with Gasteiger partial charge in [-0.3, -0.25) is 0 Å². The van der Waals surface area contributed by atoms with Crippen LogP contribution in [-0.2, 0) is 6.42 Å². The van der Waals surface area contributed by atoms with Crippen LogP contribution in [0.4, 0.5) is 11.4 Å². The van der Waals surface area contributed by atoms with Crippen molar-refractivity contribution in [2.24, 2.45) is 51.8 Å². The number of hydrogen-bond acceptors (Lipinski definition) is 4. The van der Waals surface area contributed by atoms with Crippen molar-refractivity contribution in [3.63, 3.8) is 0 Å². The van der Waals surface area contributed by atoms with Crippen LogP contribution in [0.1, 0.15) is 111 Å². The monoisotopic (exact) mass is 568 g/mol. The van der Waals surface area contributed by atoms with Gasteiger partial charge in [0.2, 0.25) is 0 Å². The van der Waals surface area contributed by atoms with Crippen molar-refractivity contribution in [2.45, 2.75) is 118 Å². The van der Waals surface area contributed by atoms with Crippen molar-refractivity contribution < 1.29 is 5.11 Å². The number of hydrogen-bond donors (Lipinski definition) is 4. The molecule has 0 heterocycles. The van der Waals surface area contributed by atoms with Gasteiger partial charge in [-0.15, -0.1) is 0 Å². The van der Waals surface area contributed by atoms with Crippen LogP contribution in [0.5, 0.6) is 0 Å².